The Bertz CT molecular complexity index is 714. The highest BCUT2D eigenvalue weighted by Gasteiger charge is 2.41. The largest absolute Gasteiger partial charge is 0.357 e. The molecule has 1 spiro atoms. The summed E-state index contributed by atoms with van der Waals surface area (Å²) in [4.78, 5) is 21.1. The van der Waals surface area contributed by atoms with Crippen molar-refractivity contribution in [3.63, 3.8) is 0 Å². The van der Waals surface area contributed by atoms with Gasteiger partial charge in [-0.25, -0.2) is 4.98 Å². The van der Waals surface area contributed by atoms with E-state index in [0.717, 1.165) is 29.6 Å². The number of amides is 1. The monoisotopic (exact) mass is 285 g/mol. The fourth-order valence-corrected chi connectivity index (χ4v) is 3.78. The molecule has 21 heavy (non-hydrogen) atoms. The van der Waals surface area contributed by atoms with Gasteiger partial charge in [-0.05, 0) is 18.9 Å². The number of carbonyl (C=O) groups excluding carboxylic acids is 1. The van der Waals surface area contributed by atoms with Gasteiger partial charge in [-0.2, -0.15) is 4.98 Å². The lowest BCUT2D eigenvalue weighted by molar-refractivity contribution is 0.0833. The van der Waals surface area contributed by atoms with Crippen molar-refractivity contribution in [2.24, 2.45) is 0 Å². The second kappa shape index (κ2) is 4.44. The molecule has 2 aromatic rings. The molecule has 2 aliphatic rings. The van der Waals surface area contributed by atoms with E-state index in [-0.39, 0.29) is 11.4 Å². The standard InChI is InChI=1S/C15H19N5O/c1-16-14-17-8-10-7-11-13(21)18-9-15(5-3-2-4-6-15)20(11)12(10)19-14/h7-8H,2-6,9H2,1H3,(H,18,21)(H,16,17,19). The highest BCUT2D eigenvalue weighted by atomic mass is 16.2. The number of hydrogen-bond donors (Lipinski definition) is 2. The van der Waals surface area contributed by atoms with Gasteiger partial charge in [-0.15, -0.1) is 0 Å². The van der Waals surface area contributed by atoms with Gasteiger partial charge in [0.05, 0.1) is 5.54 Å². The lowest BCUT2D eigenvalue weighted by atomic mass is 9.80. The maximum Gasteiger partial charge on any atom is 0.268 e. The Morgan fingerprint density at radius 2 is 2.14 bits per heavy atom. The maximum absolute atomic E-state index is 12.2. The summed E-state index contributed by atoms with van der Waals surface area (Å²) in [6, 6.07) is 1.92. The predicted molar refractivity (Wildman–Crippen MR) is 80.5 cm³/mol. The summed E-state index contributed by atoms with van der Waals surface area (Å²) >= 11 is 0. The van der Waals surface area contributed by atoms with E-state index in [0.29, 0.717) is 12.5 Å². The Balaban J connectivity index is 1.99. The summed E-state index contributed by atoms with van der Waals surface area (Å²) in [6.07, 6.45) is 7.69. The number of aromatic nitrogens is 3. The van der Waals surface area contributed by atoms with Crippen molar-refractivity contribution in [2.75, 3.05) is 18.9 Å². The predicted octanol–water partition coefficient (Wildman–Crippen LogP) is 1.88. The second-order valence-electron chi connectivity index (χ2n) is 6.06. The molecule has 6 heteroatoms. The molecule has 110 valence electrons. The molecule has 1 aliphatic heterocycles. The Kier molecular flexibility index (Phi) is 2.67. The summed E-state index contributed by atoms with van der Waals surface area (Å²) in [5.41, 5.74) is 1.59. The number of anilines is 1. The zero-order valence-electron chi connectivity index (χ0n) is 12.1. The van der Waals surface area contributed by atoms with Gasteiger partial charge < -0.3 is 15.2 Å². The zero-order chi connectivity index (χ0) is 14.4. The summed E-state index contributed by atoms with van der Waals surface area (Å²) in [7, 11) is 1.81. The average Bonchev–Trinajstić information content (AvgIpc) is 2.92. The summed E-state index contributed by atoms with van der Waals surface area (Å²) in [5, 5.41) is 6.98. The van der Waals surface area contributed by atoms with Gasteiger partial charge >= 0.3 is 0 Å². The first-order chi connectivity index (χ1) is 10.2. The third kappa shape index (κ3) is 1.74. The van der Waals surface area contributed by atoms with Crippen molar-refractivity contribution in [1.29, 1.82) is 0 Å². The molecule has 0 aromatic carbocycles. The number of nitrogens with zero attached hydrogens (tertiary/aromatic N) is 3. The number of rotatable bonds is 1. The van der Waals surface area contributed by atoms with Gasteiger partial charge in [-0.1, -0.05) is 19.3 Å². The summed E-state index contributed by atoms with van der Waals surface area (Å²) < 4.78 is 2.18. The van der Waals surface area contributed by atoms with Crippen LogP contribution in [0.5, 0.6) is 0 Å². The molecule has 1 amide bonds. The Morgan fingerprint density at radius 3 is 2.90 bits per heavy atom. The second-order valence-corrected chi connectivity index (χ2v) is 6.06. The van der Waals surface area contributed by atoms with Crippen molar-refractivity contribution in [3.05, 3.63) is 18.0 Å². The first kappa shape index (κ1) is 12.6. The highest BCUT2D eigenvalue weighted by Crippen LogP contribution is 2.40. The minimum absolute atomic E-state index is 0.00444. The van der Waals surface area contributed by atoms with Crippen LogP contribution in [0.15, 0.2) is 12.3 Å². The first-order valence-electron chi connectivity index (χ1n) is 7.58. The molecule has 0 atom stereocenters. The van der Waals surface area contributed by atoms with E-state index in [1.807, 2.05) is 13.1 Å². The van der Waals surface area contributed by atoms with Crippen molar-refractivity contribution < 1.29 is 4.79 Å². The summed E-state index contributed by atoms with van der Waals surface area (Å²) in [6.45, 7) is 0.710. The topological polar surface area (TPSA) is 71.8 Å². The molecule has 1 aliphatic carbocycles. The van der Waals surface area contributed by atoms with E-state index < -0.39 is 0 Å². The molecule has 0 bridgehead atoms. The van der Waals surface area contributed by atoms with Crippen molar-refractivity contribution in [2.45, 2.75) is 37.6 Å². The Hall–Kier alpha value is -2.11. The van der Waals surface area contributed by atoms with E-state index in [2.05, 4.69) is 25.2 Å². The van der Waals surface area contributed by atoms with E-state index >= 15 is 0 Å². The third-order valence-corrected chi connectivity index (χ3v) is 4.83. The van der Waals surface area contributed by atoms with E-state index in [1.54, 1.807) is 6.20 Å². The molecule has 0 unspecified atom stereocenters. The normalized spacial score (nSPS) is 20.3. The number of nitrogens with one attached hydrogen (secondary N) is 2. The molecule has 0 radical (unpaired) electrons. The van der Waals surface area contributed by atoms with Crippen LogP contribution in [0.1, 0.15) is 42.6 Å². The molecule has 4 rings (SSSR count). The lowest BCUT2D eigenvalue weighted by Crippen LogP contribution is -2.52. The van der Waals surface area contributed by atoms with Gasteiger partial charge in [0.2, 0.25) is 5.95 Å². The van der Waals surface area contributed by atoms with Crippen LogP contribution < -0.4 is 10.6 Å². The minimum Gasteiger partial charge on any atom is -0.357 e. The van der Waals surface area contributed by atoms with Gasteiger partial charge in [0.15, 0.2) is 0 Å². The van der Waals surface area contributed by atoms with E-state index in [1.165, 1.54) is 19.3 Å². The van der Waals surface area contributed by atoms with Crippen LogP contribution in [0.2, 0.25) is 0 Å². The molecule has 6 nitrogen and oxygen atoms in total. The van der Waals surface area contributed by atoms with Crippen molar-refractivity contribution in [3.8, 4) is 0 Å². The maximum atomic E-state index is 12.2. The first-order valence-corrected chi connectivity index (χ1v) is 7.58. The Labute approximate surface area is 123 Å². The highest BCUT2D eigenvalue weighted by molar-refractivity contribution is 5.99. The average molecular weight is 285 g/mol. The molecule has 1 fully saturated rings. The van der Waals surface area contributed by atoms with Gasteiger partial charge in [0.1, 0.15) is 11.3 Å². The number of hydrogen-bond acceptors (Lipinski definition) is 4. The van der Waals surface area contributed by atoms with Gasteiger partial charge in [-0.3, -0.25) is 4.79 Å². The fourth-order valence-electron chi connectivity index (χ4n) is 3.78. The minimum atomic E-state index is -0.0113. The van der Waals surface area contributed by atoms with Gasteiger partial charge in [0, 0.05) is 25.2 Å². The SMILES string of the molecule is CNc1ncc2cc3n(c2n1)C1(CCCCC1)CNC3=O. The number of fused-ring (bicyclic) bond motifs is 4. The van der Waals surface area contributed by atoms with Crippen LogP contribution in [0.4, 0.5) is 5.95 Å². The zero-order valence-corrected chi connectivity index (χ0v) is 12.1. The van der Waals surface area contributed by atoms with E-state index in [4.69, 9.17) is 0 Å². The van der Waals surface area contributed by atoms with Crippen LogP contribution in [-0.4, -0.2) is 34.0 Å². The van der Waals surface area contributed by atoms with Crippen LogP contribution in [0, 0.1) is 0 Å². The summed E-state index contributed by atoms with van der Waals surface area (Å²) in [5.74, 6) is 0.593. The molecule has 2 aromatic heterocycles. The molecule has 3 heterocycles. The van der Waals surface area contributed by atoms with Crippen LogP contribution in [0.25, 0.3) is 11.0 Å². The van der Waals surface area contributed by atoms with E-state index in [9.17, 15) is 4.79 Å². The van der Waals surface area contributed by atoms with Gasteiger partial charge in [0.25, 0.3) is 5.91 Å². The van der Waals surface area contributed by atoms with Crippen LogP contribution >= 0.6 is 0 Å². The lowest BCUT2D eigenvalue weighted by Gasteiger charge is -2.42. The third-order valence-electron chi connectivity index (χ3n) is 4.83. The van der Waals surface area contributed by atoms with Crippen LogP contribution in [0.3, 0.4) is 0 Å². The molecule has 2 N–H and O–H groups in total. The Morgan fingerprint density at radius 1 is 1.33 bits per heavy atom. The molecular weight excluding hydrogens is 266 g/mol. The smallest absolute Gasteiger partial charge is 0.268 e. The molecular formula is C15H19N5O. The number of carbonyl (C=O) groups is 1. The van der Waals surface area contributed by atoms with Crippen LogP contribution in [-0.2, 0) is 5.54 Å². The molecule has 1 saturated carbocycles. The fraction of sp³-hybridized carbons (Fsp3) is 0.533. The van der Waals surface area contributed by atoms with Crippen molar-refractivity contribution >= 4 is 22.9 Å². The van der Waals surface area contributed by atoms with Crippen molar-refractivity contribution in [1.82, 2.24) is 19.9 Å². The quantitative estimate of drug-likeness (QED) is 0.839. The molecule has 0 saturated heterocycles.